The van der Waals surface area contributed by atoms with E-state index in [1.54, 1.807) is 7.11 Å². The van der Waals surface area contributed by atoms with Crippen molar-refractivity contribution in [2.75, 3.05) is 13.7 Å². The van der Waals surface area contributed by atoms with Gasteiger partial charge in [0.1, 0.15) is 0 Å². The lowest BCUT2D eigenvalue weighted by molar-refractivity contribution is -0.145. The maximum Gasteiger partial charge on any atom is 0.234 e. The van der Waals surface area contributed by atoms with E-state index in [-0.39, 0.29) is 23.7 Å². The van der Waals surface area contributed by atoms with Crippen LogP contribution in [0.4, 0.5) is 0 Å². The number of benzene rings is 1. The first-order valence-electron chi connectivity index (χ1n) is 7.30. The summed E-state index contributed by atoms with van der Waals surface area (Å²) >= 11 is 0. The first kappa shape index (κ1) is 15.7. The molecule has 0 aromatic heterocycles. The molecule has 1 fully saturated rings. The van der Waals surface area contributed by atoms with Gasteiger partial charge in [0.15, 0.2) is 0 Å². The molecule has 1 N–H and O–H groups in total. The molecule has 0 aliphatic carbocycles. The zero-order valence-corrected chi connectivity index (χ0v) is 13.1. The summed E-state index contributed by atoms with van der Waals surface area (Å²) in [4.78, 5) is 24.4. The first-order valence-corrected chi connectivity index (χ1v) is 7.30. The van der Waals surface area contributed by atoms with Gasteiger partial charge in [0, 0.05) is 18.9 Å². The summed E-state index contributed by atoms with van der Waals surface area (Å²) in [5, 5.41) is 2.48. The lowest BCUT2D eigenvalue weighted by Crippen LogP contribution is -2.54. The number of piperidine rings is 1. The molecule has 2 amide bonds. The number of carbonyl (C=O) groups excluding carboxylic acids is 2. The van der Waals surface area contributed by atoms with Crippen molar-refractivity contribution in [2.24, 2.45) is 11.3 Å². The molecule has 1 aliphatic rings. The average Bonchev–Trinajstić information content (AvgIpc) is 2.37. The Kier molecular flexibility index (Phi) is 4.47. The molecule has 21 heavy (non-hydrogen) atoms. The highest BCUT2D eigenvalue weighted by Crippen LogP contribution is 2.47. The van der Waals surface area contributed by atoms with Crippen LogP contribution < -0.4 is 5.32 Å². The van der Waals surface area contributed by atoms with Crippen LogP contribution in [0.1, 0.15) is 37.3 Å². The molecule has 0 bridgehead atoms. The number of methoxy groups -OCH3 is 1. The number of imide groups is 1. The standard InChI is InChI=1S/C17H23NO3/c1-11(2)17(10-21-4)9-14(19)18-16(20)15(17)13-7-5-6-12(3)8-13/h5-8,11,15H,9-10H2,1-4H3,(H,18,19,20). The van der Waals surface area contributed by atoms with Crippen molar-refractivity contribution in [3.8, 4) is 0 Å². The maximum absolute atomic E-state index is 12.5. The van der Waals surface area contributed by atoms with E-state index in [1.807, 2.05) is 45.0 Å². The Balaban J connectivity index is 2.55. The van der Waals surface area contributed by atoms with Crippen LogP contribution in [0.15, 0.2) is 24.3 Å². The molecule has 1 aliphatic heterocycles. The van der Waals surface area contributed by atoms with Crippen molar-refractivity contribution in [3.05, 3.63) is 35.4 Å². The molecule has 1 aromatic rings. The highest BCUT2D eigenvalue weighted by molar-refractivity contribution is 6.02. The Morgan fingerprint density at radius 1 is 1.38 bits per heavy atom. The number of hydrogen-bond donors (Lipinski definition) is 1. The number of carbonyl (C=O) groups is 2. The molecule has 1 saturated heterocycles. The van der Waals surface area contributed by atoms with Crippen LogP contribution in [0.3, 0.4) is 0 Å². The van der Waals surface area contributed by atoms with Crippen molar-refractivity contribution in [1.29, 1.82) is 0 Å². The van der Waals surface area contributed by atoms with Crippen LogP contribution in [0.2, 0.25) is 0 Å². The Morgan fingerprint density at radius 3 is 2.67 bits per heavy atom. The van der Waals surface area contributed by atoms with E-state index in [1.165, 1.54) is 0 Å². The number of nitrogens with one attached hydrogen (secondary N) is 1. The van der Waals surface area contributed by atoms with Gasteiger partial charge in [-0.2, -0.15) is 0 Å². The molecule has 4 nitrogen and oxygen atoms in total. The third-order valence-electron chi connectivity index (χ3n) is 4.53. The fourth-order valence-electron chi connectivity index (χ4n) is 3.36. The Bertz CT molecular complexity index is 553. The number of hydrogen-bond acceptors (Lipinski definition) is 3. The van der Waals surface area contributed by atoms with Crippen molar-refractivity contribution in [2.45, 2.75) is 33.1 Å². The molecule has 4 heteroatoms. The summed E-state index contributed by atoms with van der Waals surface area (Å²) in [6.07, 6.45) is 0.308. The third kappa shape index (κ3) is 2.86. The molecular formula is C17H23NO3. The van der Waals surface area contributed by atoms with E-state index in [9.17, 15) is 9.59 Å². The molecule has 114 valence electrons. The van der Waals surface area contributed by atoms with Crippen molar-refractivity contribution in [1.82, 2.24) is 5.32 Å². The highest BCUT2D eigenvalue weighted by Gasteiger charge is 2.51. The van der Waals surface area contributed by atoms with Gasteiger partial charge in [0.05, 0.1) is 12.5 Å². The zero-order valence-electron chi connectivity index (χ0n) is 13.1. The van der Waals surface area contributed by atoms with Crippen LogP contribution in [-0.4, -0.2) is 25.5 Å². The Labute approximate surface area is 125 Å². The molecule has 0 spiro atoms. The second-order valence-electron chi connectivity index (χ2n) is 6.26. The first-order chi connectivity index (χ1) is 9.90. The third-order valence-corrected chi connectivity index (χ3v) is 4.53. The maximum atomic E-state index is 12.5. The van der Waals surface area contributed by atoms with Gasteiger partial charge in [0.25, 0.3) is 0 Å². The summed E-state index contributed by atoms with van der Waals surface area (Å²) in [5.74, 6) is -0.648. The Morgan fingerprint density at radius 2 is 2.10 bits per heavy atom. The number of amides is 2. The topological polar surface area (TPSA) is 55.4 Å². The van der Waals surface area contributed by atoms with E-state index < -0.39 is 5.41 Å². The SMILES string of the molecule is COCC1(C(C)C)CC(=O)NC(=O)C1c1cccc(C)c1. The van der Waals surface area contributed by atoms with Gasteiger partial charge in [-0.15, -0.1) is 0 Å². The number of rotatable bonds is 4. The van der Waals surface area contributed by atoms with Crippen LogP contribution >= 0.6 is 0 Å². The fourth-order valence-corrected chi connectivity index (χ4v) is 3.36. The molecule has 0 radical (unpaired) electrons. The van der Waals surface area contributed by atoms with Crippen molar-refractivity contribution >= 4 is 11.8 Å². The van der Waals surface area contributed by atoms with Crippen LogP contribution in [0.5, 0.6) is 0 Å². The number of ether oxygens (including phenoxy) is 1. The van der Waals surface area contributed by atoms with E-state index >= 15 is 0 Å². The molecule has 1 aromatic carbocycles. The summed E-state index contributed by atoms with van der Waals surface area (Å²) in [6, 6.07) is 7.93. The lowest BCUT2D eigenvalue weighted by Gasteiger charge is -2.45. The zero-order chi connectivity index (χ0) is 15.6. The minimum atomic E-state index is -0.498. The van der Waals surface area contributed by atoms with Gasteiger partial charge in [-0.1, -0.05) is 43.7 Å². The van der Waals surface area contributed by atoms with Gasteiger partial charge in [-0.25, -0.2) is 0 Å². The molecule has 2 unspecified atom stereocenters. The number of aryl methyl sites for hydroxylation is 1. The second-order valence-corrected chi connectivity index (χ2v) is 6.26. The van der Waals surface area contributed by atoms with E-state index in [0.29, 0.717) is 13.0 Å². The lowest BCUT2D eigenvalue weighted by atomic mass is 9.61. The highest BCUT2D eigenvalue weighted by atomic mass is 16.5. The minimum Gasteiger partial charge on any atom is -0.384 e. The summed E-state index contributed by atoms with van der Waals surface area (Å²) < 4.78 is 5.39. The van der Waals surface area contributed by atoms with Gasteiger partial charge < -0.3 is 4.74 Å². The molecule has 2 atom stereocenters. The van der Waals surface area contributed by atoms with E-state index in [0.717, 1.165) is 11.1 Å². The van der Waals surface area contributed by atoms with Crippen LogP contribution in [0, 0.1) is 18.3 Å². The van der Waals surface area contributed by atoms with Gasteiger partial charge in [-0.3, -0.25) is 14.9 Å². The monoisotopic (exact) mass is 289 g/mol. The van der Waals surface area contributed by atoms with Crippen molar-refractivity contribution < 1.29 is 14.3 Å². The minimum absolute atomic E-state index is 0.151. The van der Waals surface area contributed by atoms with Crippen molar-refractivity contribution in [3.63, 3.8) is 0 Å². The second kappa shape index (κ2) is 5.98. The quantitative estimate of drug-likeness (QED) is 0.866. The summed E-state index contributed by atoms with van der Waals surface area (Å²) in [7, 11) is 1.62. The largest absolute Gasteiger partial charge is 0.384 e. The molecule has 0 saturated carbocycles. The fraction of sp³-hybridized carbons (Fsp3) is 0.529. The van der Waals surface area contributed by atoms with Crippen LogP contribution in [-0.2, 0) is 14.3 Å². The molecular weight excluding hydrogens is 266 g/mol. The average molecular weight is 289 g/mol. The summed E-state index contributed by atoms with van der Waals surface area (Å²) in [5.41, 5.74) is 1.56. The normalized spacial score (nSPS) is 26.0. The smallest absolute Gasteiger partial charge is 0.234 e. The van der Waals surface area contributed by atoms with Crippen LogP contribution in [0.25, 0.3) is 0 Å². The van der Waals surface area contributed by atoms with Gasteiger partial charge >= 0.3 is 0 Å². The van der Waals surface area contributed by atoms with Gasteiger partial charge in [-0.05, 0) is 18.4 Å². The van der Waals surface area contributed by atoms with Gasteiger partial charge in [0.2, 0.25) is 11.8 Å². The van der Waals surface area contributed by atoms with E-state index in [2.05, 4.69) is 5.32 Å². The summed E-state index contributed by atoms with van der Waals surface area (Å²) in [6.45, 7) is 6.49. The molecule has 2 rings (SSSR count). The van der Waals surface area contributed by atoms with E-state index in [4.69, 9.17) is 4.74 Å². The predicted octanol–water partition coefficient (Wildman–Crippen LogP) is 2.41. The molecule has 1 heterocycles. The Hall–Kier alpha value is -1.68. The predicted molar refractivity (Wildman–Crippen MR) is 80.8 cm³/mol.